The van der Waals surface area contributed by atoms with Gasteiger partial charge in [0, 0.05) is 24.1 Å². The van der Waals surface area contributed by atoms with Gasteiger partial charge in [0.1, 0.15) is 0 Å². The predicted molar refractivity (Wildman–Crippen MR) is 62.3 cm³/mol. The monoisotopic (exact) mass is 225 g/mol. The van der Waals surface area contributed by atoms with Crippen LogP contribution in [0.25, 0.3) is 0 Å². The summed E-state index contributed by atoms with van der Waals surface area (Å²) in [6.45, 7) is 2.16. The van der Waals surface area contributed by atoms with Gasteiger partial charge in [0.2, 0.25) is 0 Å². The Morgan fingerprint density at radius 3 is 3.07 bits per heavy atom. The third-order valence-corrected chi connectivity index (χ3v) is 3.35. The first kappa shape index (κ1) is 10.9. The fourth-order valence-corrected chi connectivity index (χ4v) is 2.49. The molecular weight excluding hydrogens is 210 g/mol. The number of hydrogen-bond acceptors (Lipinski definition) is 2. The van der Waals surface area contributed by atoms with Crippen LogP contribution < -0.4 is 5.32 Å². The van der Waals surface area contributed by atoms with Crippen LogP contribution in [-0.4, -0.2) is 24.8 Å². The fraction of sp³-hybridized carbons (Fsp3) is 0.500. The van der Waals surface area contributed by atoms with Crippen molar-refractivity contribution in [3.63, 3.8) is 0 Å². The molecule has 1 saturated heterocycles. The number of piperidine rings is 1. The van der Waals surface area contributed by atoms with Crippen LogP contribution in [0, 0.1) is 5.92 Å². The Labute approximate surface area is 95.3 Å². The molecule has 15 heavy (non-hydrogen) atoms. The Kier molecular flexibility index (Phi) is 3.62. The number of hydrogen-bond donors (Lipinski definition) is 2. The van der Waals surface area contributed by atoms with Crippen LogP contribution in [0.1, 0.15) is 17.9 Å². The van der Waals surface area contributed by atoms with Gasteiger partial charge in [-0.3, -0.25) is 0 Å². The second-order valence-corrected chi connectivity index (χ2v) is 4.53. The predicted octanol–water partition coefficient (Wildman–Crippen LogP) is 2.03. The second kappa shape index (κ2) is 4.97. The molecular formula is C12H16ClNO. The summed E-state index contributed by atoms with van der Waals surface area (Å²) < 4.78 is 0. The molecule has 1 aromatic rings. The van der Waals surface area contributed by atoms with E-state index in [1.807, 2.05) is 18.2 Å². The molecule has 0 amide bonds. The van der Waals surface area contributed by atoms with Crippen molar-refractivity contribution < 1.29 is 5.11 Å². The molecule has 2 atom stereocenters. The van der Waals surface area contributed by atoms with Crippen LogP contribution in [0.4, 0.5) is 0 Å². The minimum Gasteiger partial charge on any atom is -0.396 e. The molecule has 3 heteroatoms. The first-order chi connectivity index (χ1) is 7.31. The lowest BCUT2D eigenvalue weighted by Gasteiger charge is -2.31. The van der Waals surface area contributed by atoms with Gasteiger partial charge in [0.05, 0.1) is 0 Å². The molecule has 1 heterocycles. The molecule has 2 unspecified atom stereocenters. The highest BCUT2D eigenvalue weighted by molar-refractivity contribution is 6.30. The first-order valence-electron chi connectivity index (χ1n) is 5.38. The molecule has 1 fully saturated rings. The van der Waals surface area contributed by atoms with Crippen molar-refractivity contribution >= 4 is 11.6 Å². The van der Waals surface area contributed by atoms with E-state index in [9.17, 15) is 5.11 Å². The molecule has 0 aliphatic carbocycles. The standard InChI is InChI=1S/C12H16ClNO/c13-11-3-1-2-9(6-11)12-4-5-14-7-10(12)8-15/h1-3,6,10,12,14-15H,4-5,7-8H2. The largest absolute Gasteiger partial charge is 0.396 e. The van der Waals surface area contributed by atoms with Crippen molar-refractivity contribution in [1.29, 1.82) is 0 Å². The zero-order chi connectivity index (χ0) is 10.7. The van der Waals surface area contributed by atoms with Crippen LogP contribution in [0.5, 0.6) is 0 Å². The van der Waals surface area contributed by atoms with Crippen LogP contribution in [0.3, 0.4) is 0 Å². The van der Waals surface area contributed by atoms with Gasteiger partial charge in [-0.2, -0.15) is 0 Å². The molecule has 1 aromatic carbocycles. The van der Waals surface area contributed by atoms with Gasteiger partial charge in [0.15, 0.2) is 0 Å². The van der Waals surface area contributed by atoms with E-state index in [1.165, 1.54) is 5.56 Å². The number of aliphatic hydroxyl groups is 1. The van der Waals surface area contributed by atoms with E-state index >= 15 is 0 Å². The lowest BCUT2D eigenvalue weighted by Crippen LogP contribution is -2.37. The minimum absolute atomic E-state index is 0.240. The Morgan fingerprint density at radius 1 is 1.47 bits per heavy atom. The van der Waals surface area contributed by atoms with E-state index < -0.39 is 0 Å². The highest BCUT2D eigenvalue weighted by Gasteiger charge is 2.25. The zero-order valence-electron chi connectivity index (χ0n) is 8.62. The number of halogens is 1. The summed E-state index contributed by atoms with van der Waals surface area (Å²) in [4.78, 5) is 0. The van der Waals surface area contributed by atoms with Gasteiger partial charge in [-0.05, 0) is 36.6 Å². The summed E-state index contributed by atoms with van der Waals surface area (Å²) in [5.74, 6) is 0.757. The summed E-state index contributed by atoms with van der Waals surface area (Å²) in [7, 11) is 0. The van der Waals surface area contributed by atoms with Crippen molar-refractivity contribution in [1.82, 2.24) is 5.32 Å². The van der Waals surface area contributed by atoms with Crippen molar-refractivity contribution in [3.8, 4) is 0 Å². The quantitative estimate of drug-likeness (QED) is 0.807. The van der Waals surface area contributed by atoms with Crippen LogP contribution in [0.15, 0.2) is 24.3 Å². The van der Waals surface area contributed by atoms with Crippen molar-refractivity contribution in [2.45, 2.75) is 12.3 Å². The molecule has 82 valence electrons. The van der Waals surface area contributed by atoms with E-state index in [2.05, 4.69) is 11.4 Å². The van der Waals surface area contributed by atoms with E-state index in [-0.39, 0.29) is 6.61 Å². The van der Waals surface area contributed by atoms with E-state index in [4.69, 9.17) is 11.6 Å². The summed E-state index contributed by atoms with van der Waals surface area (Å²) in [6, 6.07) is 7.99. The molecule has 2 N–H and O–H groups in total. The average molecular weight is 226 g/mol. The maximum absolute atomic E-state index is 9.32. The van der Waals surface area contributed by atoms with Gasteiger partial charge < -0.3 is 10.4 Å². The Balaban J connectivity index is 2.20. The lowest BCUT2D eigenvalue weighted by atomic mass is 9.82. The number of benzene rings is 1. The Bertz CT molecular complexity index is 329. The average Bonchev–Trinajstić information content (AvgIpc) is 2.29. The van der Waals surface area contributed by atoms with Gasteiger partial charge in [-0.1, -0.05) is 23.7 Å². The number of rotatable bonds is 2. The van der Waals surface area contributed by atoms with Crippen molar-refractivity contribution in [3.05, 3.63) is 34.9 Å². The SMILES string of the molecule is OCC1CNCCC1c1cccc(Cl)c1. The molecule has 0 radical (unpaired) electrons. The Hall–Kier alpha value is -0.570. The normalized spacial score (nSPS) is 26.5. The summed E-state index contributed by atoms with van der Waals surface area (Å²) in [5, 5.41) is 13.4. The maximum atomic E-state index is 9.32. The van der Waals surface area contributed by atoms with Crippen molar-refractivity contribution in [2.24, 2.45) is 5.92 Å². The van der Waals surface area contributed by atoms with E-state index in [1.54, 1.807) is 0 Å². The highest BCUT2D eigenvalue weighted by atomic mass is 35.5. The summed E-state index contributed by atoms with van der Waals surface area (Å²) in [5.41, 5.74) is 1.25. The zero-order valence-corrected chi connectivity index (χ0v) is 9.37. The molecule has 1 aliphatic rings. The second-order valence-electron chi connectivity index (χ2n) is 4.10. The number of nitrogens with one attached hydrogen (secondary N) is 1. The minimum atomic E-state index is 0.240. The van der Waals surface area contributed by atoms with Crippen LogP contribution >= 0.6 is 11.6 Å². The maximum Gasteiger partial charge on any atom is 0.0477 e. The van der Waals surface area contributed by atoms with Gasteiger partial charge in [0.25, 0.3) is 0 Å². The third-order valence-electron chi connectivity index (χ3n) is 3.12. The highest BCUT2D eigenvalue weighted by Crippen LogP contribution is 2.31. The van der Waals surface area contributed by atoms with Gasteiger partial charge in [-0.25, -0.2) is 0 Å². The molecule has 1 aliphatic heterocycles. The Morgan fingerprint density at radius 2 is 2.33 bits per heavy atom. The number of aliphatic hydroxyl groups excluding tert-OH is 1. The molecule has 0 bridgehead atoms. The first-order valence-corrected chi connectivity index (χ1v) is 5.76. The molecule has 0 spiro atoms. The van der Waals surface area contributed by atoms with Gasteiger partial charge >= 0.3 is 0 Å². The smallest absolute Gasteiger partial charge is 0.0477 e. The van der Waals surface area contributed by atoms with E-state index in [0.29, 0.717) is 11.8 Å². The topological polar surface area (TPSA) is 32.3 Å². The molecule has 2 nitrogen and oxygen atoms in total. The third kappa shape index (κ3) is 2.51. The van der Waals surface area contributed by atoms with Crippen LogP contribution in [-0.2, 0) is 0 Å². The lowest BCUT2D eigenvalue weighted by molar-refractivity contribution is 0.179. The summed E-state index contributed by atoms with van der Waals surface area (Å²) >= 11 is 5.98. The summed E-state index contributed by atoms with van der Waals surface area (Å²) in [6.07, 6.45) is 1.07. The molecule has 0 aromatic heterocycles. The van der Waals surface area contributed by atoms with Crippen LogP contribution in [0.2, 0.25) is 5.02 Å². The fourth-order valence-electron chi connectivity index (χ4n) is 2.29. The van der Waals surface area contributed by atoms with E-state index in [0.717, 1.165) is 24.5 Å². The molecule has 2 rings (SSSR count). The molecule has 0 saturated carbocycles. The van der Waals surface area contributed by atoms with Crippen molar-refractivity contribution in [2.75, 3.05) is 19.7 Å². The van der Waals surface area contributed by atoms with Gasteiger partial charge in [-0.15, -0.1) is 0 Å².